The molecule has 0 aromatic carbocycles. The van der Waals surface area contributed by atoms with Crippen LogP contribution in [0.1, 0.15) is 19.8 Å². The fourth-order valence-corrected chi connectivity index (χ4v) is 4.36. The van der Waals surface area contributed by atoms with Crippen LogP contribution in [0, 0.1) is 0 Å². The lowest BCUT2D eigenvalue weighted by Gasteiger charge is -2.40. The molecule has 0 aromatic rings. The molecule has 2 fully saturated rings. The van der Waals surface area contributed by atoms with Crippen molar-refractivity contribution in [2.45, 2.75) is 37.8 Å². The van der Waals surface area contributed by atoms with E-state index in [4.69, 9.17) is 4.74 Å². The Morgan fingerprint density at radius 3 is 2.38 bits per heavy atom. The predicted molar refractivity (Wildman–Crippen MR) is 68.2 cm³/mol. The molecule has 0 amide bonds. The second-order valence-corrected chi connectivity index (χ2v) is 7.11. The molecule has 2 heterocycles. The monoisotopic (exact) mass is 328 g/mol. The summed E-state index contributed by atoms with van der Waals surface area (Å²) in [6.45, 7) is 0.830. The highest BCUT2D eigenvalue weighted by molar-refractivity contribution is 7.86. The number of rotatable bonds is 3. The summed E-state index contributed by atoms with van der Waals surface area (Å²) >= 11 is 0. The molecule has 2 atom stereocenters. The molecule has 0 aromatic heterocycles. The van der Waals surface area contributed by atoms with Crippen LogP contribution in [-0.2, 0) is 19.7 Å². The van der Waals surface area contributed by atoms with E-state index in [0.717, 1.165) is 8.61 Å². The number of hydrogen-bond donors (Lipinski definition) is 1. The van der Waals surface area contributed by atoms with Gasteiger partial charge in [0, 0.05) is 32.5 Å². The van der Waals surface area contributed by atoms with Gasteiger partial charge in [-0.05, 0) is 6.92 Å². The molecule has 0 aliphatic carbocycles. The zero-order valence-electron chi connectivity index (χ0n) is 11.5. The van der Waals surface area contributed by atoms with E-state index < -0.39 is 47.1 Å². The van der Waals surface area contributed by atoms with Crippen LogP contribution in [0.3, 0.4) is 0 Å². The molecule has 1 N–H and O–H groups in total. The number of nitrogens with zero attached hydrogens (tertiary/aromatic N) is 2. The Labute approximate surface area is 121 Å². The number of carboxylic acid groups (broad SMARTS) is 1. The molecule has 122 valence electrons. The first kappa shape index (κ1) is 16.5. The highest BCUT2D eigenvalue weighted by Gasteiger charge is 2.46. The van der Waals surface area contributed by atoms with Crippen molar-refractivity contribution in [3.05, 3.63) is 0 Å². The zero-order valence-corrected chi connectivity index (χ0v) is 12.4. The third-order valence-electron chi connectivity index (χ3n) is 3.78. The van der Waals surface area contributed by atoms with Gasteiger partial charge in [-0.25, -0.2) is 8.78 Å². The number of halogens is 2. The van der Waals surface area contributed by atoms with Crippen LogP contribution in [0.15, 0.2) is 0 Å². The Hall–Kier alpha value is -0.840. The van der Waals surface area contributed by atoms with Crippen LogP contribution in [0.5, 0.6) is 0 Å². The highest BCUT2D eigenvalue weighted by Crippen LogP contribution is 2.31. The van der Waals surface area contributed by atoms with E-state index in [1.165, 1.54) is 6.92 Å². The third-order valence-corrected chi connectivity index (χ3v) is 5.80. The van der Waals surface area contributed by atoms with Crippen molar-refractivity contribution in [3.63, 3.8) is 0 Å². The standard InChI is InChI=1S/C11H18F2N2O5S/c1-8-9(10(16)17)15(6-7-20-8)21(18,19)14-4-2-11(12,13)3-5-14/h8-9H,2-7H2,1H3,(H,16,17)/t8-,9+/m0/s1. The van der Waals surface area contributed by atoms with Gasteiger partial charge >= 0.3 is 5.97 Å². The second-order valence-electron chi connectivity index (χ2n) is 5.23. The molecule has 2 saturated heterocycles. The summed E-state index contributed by atoms with van der Waals surface area (Å²) in [5.41, 5.74) is 0. The average Bonchev–Trinajstić information content (AvgIpc) is 2.37. The number of ether oxygens (including phenoxy) is 1. The van der Waals surface area contributed by atoms with Crippen molar-refractivity contribution in [3.8, 4) is 0 Å². The van der Waals surface area contributed by atoms with Crippen molar-refractivity contribution in [1.82, 2.24) is 8.61 Å². The van der Waals surface area contributed by atoms with Gasteiger partial charge in [-0.15, -0.1) is 0 Å². The van der Waals surface area contributed by atoms with Crippen molar-refractivity contribution in [2.75, 3.05) is 26.2 Å². The zero-order chi connectivity index (χ0) is 15.8. The van der Waals surface area contributed by atoms with E-state index in [1.807, 2.05) is 0 Å². The number of piperidine rings is 1. The van der Waals surface area contributed by atoms with E-state index in [9.17, 15) is 27.1 Å². The quantitative estimate of drug-likeness (QED) is 0.796. The molecule has 2 aliphatic rings. The summed E-state index contributed by atoms with van der Waals surface area (Å²) in [5, 5.41) is 9.20. The highest BCUT2D eigenvalue weighted by atomic mass is 32.2. The van der Waals surface area contributed by atoms with E-state index >= 15 is 0 Å². The largest absolute Gasteiger partial charge is 0.480 e. The lowest BCUT2D eigenvalue weighted by molar-refractivity contribution is -0.150. The Bertz CT molecular complexity index is 503. The maximum Gasteiger partial charge on any atom is 0.324 e. The normalized spacial score (nSPS) is 32.0. The average molecular weight is 328 g/mol. The van der Waals surface area contributed by atoms with E-state index in [2.05, 4.69) is 0 Å². The van der Waals surface area contributed by atoms with Crippen LogP contribution in [0.25, 0.3) is 0 Å². The molecular formula is C11H18F2N2O5S. The molecule has 0 spiro atoms. The molecule has 0 bridgehead atoms. The van der Waals surface area contributed by atoms with Gasteiger partial charge in [-0.1, -0.05) is 0 Å². The van der Waals surface area contributed by atoms with Crippen molar-refractivity contribution < 1.29 is 31.8 Å². The second kappa shape index (κ2) is 5.75. The molecule has 0 radical (unpaired) electrons. The van der Waals surface area contributed by atoms with Gasteiger partial charge in [0.15, 0.2) is 0 Å². The molecule has 2 rings (SSSR count). The molecule has 7 nitrogen and oxygen atoms in total. The summed E-state index contributed by atoms with van der Waals surface area (Å²) in [5.74, 6) is -4.18. The minimum atomic E-state index is -4.09. The number of alkyl halides is 2. The Morgan fingerprint density at radius 1 is 1.29 bits per heavy atom. The van der Waals surface area contributed by atoms with Crippen LogP contribution >= 0.6 is 0 Å². The molecule has 0 saturated carbocycles. The lowest BCUT2D eigenvalue weighted by atomic mass is 10.1. The molecular weight excluding hydrogens is 310 g/mol. The number of carbonyl (C=O) groups is 1. The number of aliphatic carboxylic acids is 1. The van der Waals surface area contributed by atoms with Crippen LogP contribution in [-0.4, -0.2) is 72.4 Å². The third kappa shape index (κ3) is 3.33. The van der Waals surface area contributed by atoms with Gasteiger partial charge in [0.2, 0.25) is 0 Å². The fourth-order valence-electron chi connectivity index (χ4n) is 2.57. The summed E-state index contributed by atoms with van der Waals surface area (Å²) in [6, 6.07) is -1.34. The van der Waals surface area contributed by atoms with Gasteiger partial charge in [0.05, 0.1) is 12.7 Å². The van der Waals surface area contributed by atoms with Crippen molar-refractivity contribution in [2.24, 2.45) is 0 Å². The summed E-state index contributed by atoms with van der Waals surface area (Å²) in [6.07, 6.45) is -1.90. The minimum Gasteiger partial charge on any atom is -0.480 e. The minimum absolute atomic E-state index is 0.0776. The smallest absolute Gasteiger partial charge is 0.324 e. The summed E-state index contributed by atoms with van der Waals surface area (Å²) in [7, 11) is -4.09. The first-order valence-electron chi connectivity index (χ1n) is 6.64. The van der Waals surface area contributed by atoms with Crippen molar-refractivity contribution >= 4 is 16.2 Å². The van der Waals surface area contributed by atoms with Gasteiger partial charge in [-0.3, -0.25) is 4.79 Å². The number of hydrogen-bond acceptors (Lipinski definition) is 4. The van der Waals surface area contributed by atoms with Gasteiger partial charge < -0.3 is 9.84 Å². The Morgan fingerprint density at radius 2 is 1.86 bits per heavy atom. The van der Waals surface area contributed by atoms with Crippen LogP contribution in [0.4, 0.5) is 8.78 Å². The predicted octanol–water partition coefficient (Wildman–Crippen LogP) is 0.136. The van der Waals surface area contributed by atoms with Crippen LogP contribution in [0.2, 0.25) is 0 Å². The molecule has 10 heteroatoms. The topological polar surface area (TPSA) is 87.2 Å². The summed E-state index contributed by atoms with van der Waals surface area (Å²) < 4.78 is 58.2. The van der Waals surface area contributed by atoms with Gasteiger partial charge in [0.25, 0.3) is 16.1 Å². The van der Waals surface area contributed by atoms with Crippen LogP contribution < -0.4 is 0 Å². The van der Waals surface area contributed by atoms with E-state index in [0.29, 0.717) is 0 Å². The number of morpholine rings is 1. The Kier molecular flexibility index (Phi) is 4.52. The molecule has 0 unspecified atom stereocenters. The Balaban J connectivity index is 2.20. The van der Waals surface area contributed by atoms with Crippen molar-refractivity contribution in [1.29, 1.82) is 0 Å². The molecule has 2 aliphatic heterocycles. The van der Waals surface area contributed by atoms with Gasteiger partial charge in [0.1, 0.15) is 6.04 Å². The maximum absolute atomic E-state index is 13.1. The lowest BCUT2D eigenvalue weighted by Crippen LogP contribution is -2.60. The van der Waals surface area contributed by atoms with Gasteiger partial charge in [-0.2, -0.15) is 17.0 Å². The first-order chi connectivity index (χ1) is 9.65. The summed E-state index contributed by atoms with van der Waals surface area (Å²) in [4.78, 5) is 11.3. The SMILES string of the molecule is C[C@@H]1OCCN(S(=O)(=O)N2CCC(F)(F)CC2)[C@H]1C(=O)O. The maximum atomic E-state index is 13.1. The fraction of sp³-hybridized carbons (Fsp3) is 0.909. The number of carboxylic acids is 1. The van der Waals surface area contributed by atoms with E-state index in [1.54, 1.807) is 0 Å². The van der Waals surface area contributed by atoms with E-state index in [-0.39, 0.29) is 26.2 Å². The first-order valence-corrected chi connectivity index (χ1v) is 8.04. The molecule has 21 heavy (non-hydrogen) atoms.